The molecule has 0 spiro atoms. The highest BCUT2D eigenvalue weighted by Gasteiger charge is 2.07. The molecule has 0 aliphatic heterocycles. The van der Waals surface area contributed by atoms with Gasteiger partial charge in [0.25, 0.3) is 0 Å². The summed E-state index contributed by atoms with van der Waals surface area (Å²) in [4.78, 5) is 0. The molecule has 54 valence electrons. The molecule has 1 heteroatoms. The van der Waals surface area contributed by atoms with Gasteiger partial charge in [0, 0.05) is 0 Å². The van der Waals surface area contributed by atoms with Crippen molar-refractivity contribution in [3.8, 4) is 6.07 Å². The summed E-state index contributed by atoms with van der Waals surface area (Å²) in [6.07, 6.45) is 5.65. The van der Waals surface area contributed by atoms with Crippen LogP contribution in [0.1, 0.15) is 39.0 Å². The van der Waals surface area contributed by atoms with Gasteiger partial charge in [-0.3, -0.25) is 0 Å². The van der Waals surface area contributed by atoms with Crippen LogP contribution in [0.4, 0.5) is 0 Å². The Balaban J connectivity index is 2.61. The van der Waals surface area contributed by atoms with Crippen LogP contribution in [0.15, 0.2) is 11.1 Å². The fourth-order valence-corrected chi connectivity index (χ4v) is 1.45. The van der Waals surface area contributed by atoms with Crippen LogP contribution in [-0.2, 0) is 0 Å². The Hall–Kier alpha value is -0.770. The van der Waals surface area contributed by atoms with Crippen molar-refractivity contribution in [1.82, 2.24) is 0 Å². The van der Waals surface area contributed by atoms with Crippen molar-refractivity contribution in [2.45, 2.75) is 39.0 Å². The van der Waals surface area contributed by atoms with Crippen molar-refractivity contribution in [2.24, 2.45) is 0 Å². The molecule has 0 heterocycles. The molecule has 1 aliphatic carbocycles. The molecule has 0 N–H and O–H groups in total. The zero-order valence-corrected chi connectivity index (χ0v) is 6.48. The summed E-state index contributed by atoms with van der Waals surface area (Å²) >= 11 is 0. The monoisotopic (exact) mass is 135 g/mol. The summed E-state index contributed by atoms with van der Waals surface area (Å²) in [5, 5.41) is 8.45. The average Bonchev–Trinajstić information content (AvgIpc) is 1.94. The quantitative estimate of drug-likeness (QED) is 0.507. The van der Waals surface area contributed by atoms with E-state index >= 15 is 0 Å². The van der Waals surface area contributed by atoms with Crippen LogP contribution < -0.4 is 0 Å². The van der Waals surface area contributed by atoms with Crippen molar-refractivity contribution in [1.29, 1.82) is 5.26 Å². The predicted molar refractivity (Wildman–Crippen MR) is 41.4 cm³/mol. The van der Waals surface area contributed by atoms with Crippen molar-refractivity contribution >= 4 is 0 Å². The molecular weight excluding hydrogens is 122 g/mol. The van der Waals surface area contributed by atoms with Gasteiger partial charge < -0.3 is 0 Å². The van der Waals surface area contributed by atoms with E-state index in [2.05, 4.69) is 13.0 Å². The Morgan fingerprint density at radius 3 is 2.70 bits per heavy atom. The predicted octanol–water partition coefficient (Wildman–Crippen LogP) is 2.79. The van der Waals surface area contributed by atoms with E-state index in [0.29, 0.717) is 6.42 Å². The minimum Gasteiger partial charge on any atom is -0.198 e. The van der Waals surface area contributed by atoms with Crippen LogP contribution in [-0.4, -0.2) is 0 Å². The first kappa shape index (κ1) is 7.34. The van der Waals surface area contributed by atoms with Crippen molar-refractivity contribution in [2.75, 3.05) is 0 Å². The topological polar surface area (TPSA) is 23.8 Å². The molecule has 0 amide bonds. The molecule has 0 saturated carbocycles. The van der Waals surface area contributed by atoms with Crippen LogP contribution >= 0.6 is 0 Å². The maximum atomic E-state index is 8.45. The van der Waals surface area contributed by atoms with Crippen LogP contribution in [0.2, 0.25) is 0 Å². The van der Waals surface area contributed by atoms with Gasteiger partial charge in [0.1, 0.15) is 0 Å². The van der Waals surface area contributed by atoms with E-state index in [1.807, 2.05) is 0 Å². The van der Waals surface area contributed by atoms with Gasteiger partial charge in [-0.25, -0.2) is 0 Å². The first-order chi connectivity index (χ1) is 4.84. The number of hydrogen-bond donors (Lipinski definition) is 0. The number of rotatable bonds is 1. The minimum atomic E-state index is 0.659. The highest BCUT2D eigenvalue weighted by molar-refractivity contribution is 5.17. The summed E-state index contributed by atoms with van der Waals surface area (Å²) in [5.41, 5.74) is 2.86. The number of nitriles is 1. The van der Waals surface area contributed by atoms with E-state index in [0.717, 1.165) is 0 Å². The van der Waals surface area contributed by atoms with E-state index in [1.54, 1.807) is 0 Å². The fourth-order valence-electron chi connectivity index (χ4n) is 1.45. The van der Waals surface area contributed by atoms with Crippen molar-refractivity contribution in [3.05, 3.63) is 11.1 Å². The van der Waals surface area contributed by atoms with E-state index in [9.17, 15) is 0 Å². The molecule has 0 bridgehead atoms. The summed E-state index contributed by atoms with van der Waals surface area (Å²) < 4.78 is 0. The molecule has 10 heavy (non-hydrogen) atoms. The highest BCUT2D eigenvalue weighted by Crippen LogP contribution is 2.25. The van der Waals surface area contributed by atoms with Gasteiger partial charge in [0.2, 0.25) is 0 Å². The molecule has 0 unspecified atom stereocenters. The smallest absolute Gasteiger partial charge is 0.0666 e. The van der Waals surface area contributed by atoms with E-state index < -0.39 is 0 Å². The van der Waals surface area contributed by atoms with Gasteiger partial charge in [-0.05, 0) is 32.6 Å². The number of allylic oxidation sites excluding steroid dienone is 2. The maximum absolute atomic E-state index is 8.45. The second-order valence-electron chi connectivity index (χ2n) is 2.93. The van der Waals surface area contributed by atoms with Gasteiger partial charge in [-0.2, -0.15) is 5.26 Å². The summed E-state index contributed by atoms with van der Waals surface area (Å²) in [5.74, 6) is 0. The van der Waals surface area contributed by atoms with Crippen LogP contribution in [0.25, 0.3) is 0 Å². The molecule has 0 saturated heterocycles. The van der Waals surface area contributed by atoms with Gasteiger partial charge in [-0.1, -0.05) is 11.1 Å². The lowest BCUT2D eigenvalue weighted by atomic mass is 9.91. The molecule has 0 radical (unpaired) electrons. The number of hydrogen-bond acceptors (Lipinski definition) is 1. The summed E-state index contributed by atoms with van der Waals surface area (Å²) in [6.45, 7) is 2.16. The van der Waals surface area contributed by atoms with Crippen LogP contribution in [0.3, 0.4) is 0 Å². The van der Waals surface area contributed by atoms with E-state index in [-0.39, 0.29) is 0 Å². The zero-order valence-electron chi connectivity index (χ0n) is 6.48. The summed E-state index contributed by atoms with van der Waals surface area (Å²) in [6, 6.07) is 2.21. The Morgan fingerprint density at radius 1 is 1.40 bits per heavy atom. The third kappa shape index (κ3) is 1.60. The normalized spacial score (nSPS) is 18.8. The second kappa shape index (κ2) is 3.41. The fraction of sp³-hybridized carbons (Fsp3) is 0.667. The molecule has 1 nitrogen and oxygen atoms in total. The molecule has 1 aliphatic rings. The third-order valence-electron chi connectivity index (χ3n) is 2.18. The lowest BCUT2D eigenvalue weighted by molar-refractivity contribution is 0.663. The van der Waals surface area contributed by atoms with Crippen molar-refractivity contribution in [3.63, 3.8) is 0 Å². The first-order valence-corrected chi connectivity index (χ1v) is 3.89. The molecule has 0 aromatic heterocycles. The van der Waals surface area contributed by atoms with Crippen LogP contribution in [0, 0.1) is 11.3 Å². The first-order valence-electron chi connectivity index (χ1n) is 3.89. The molecule has 0 fully saturated rings. The van der Waals surface area contributed by atoms with Crippen LogP contribution in [0.5, 0.6) is 0 Å². The Labute approximate surface area is 62.4 Å². The Kier molecular flexibility index (Phi) is 2.50. The average molecular weight is 135 g/mol. The van der Waals surface area contributed by atoms with Gasteiger partial charge >= 0.3 is 0 Å². The molecule has 0 atom stereocenters. The molecule has 0 aromatic rings. The Bertz CT molecular complexity index is 183. The lowest BCUT2D eigenvalue weighted by Crippen LogP contribution is -1.96. The van der Waals surface area contributed by atoms with Gasteiger partial charge in [0.15, 0.2) is 0 Å². The third-order valence-corrected chi connectivity index (χ3v) is 2.18. The molecule has 0 aromatic carbocycles. The second-order valence-corrected chi connectivity index (χ2v) is 2.93. The minimum absolute atomic E-state index is 0.659. The number of nitrogens with zero attached hydrogens (tertiary/aromatic N) is 1. The summed E-state index contributed by atoms with van der Waals surface area (Å²) in [7, 11) is 0. The standard InChI is InChI=1S/C9H13N/c1-8-4-2-3-5-9(8)6-7-10/h2-6H2,1H3. The maximum Gasteiger partial charge on any atom is 0.0666 e. The van der Waals surface area contributed by atoms with E-state index in [1.165, 1.54) is 36.8 Å². The molecular formula is C9H13N. The van der Waals surface area contributed by atoms with Gasteiger partial charge in [-0.15, -0.1) is 0 Å². The van der Waals surface area contributed by atoms with E-state index in [4.69, 9.17) is 5.26 Å². The Morgan fingerprint density at radius 2 is 2.10 bits per heavy atom. The lowest BCUT2D eigenvalue weighted by Gasteiger charge is -2.14. The SMILES string of the molecule is CC1=C(CC#N)CCCC1. The van der Waals surface area contributed by atoms with Gasteiger partial charge in [0.05, 0.1) is 12.5 Å². The largest absolute Gasteiger partial charge is 0.198 e. The van der Waals surface area contributed by atoms with Crippen molar-refractivity contribution < 1.29 is 0 Å². The molecule has 1 rings (SSSR count). The zero-order chi connectivity index (χ0) is 7.40. The highest BCUT2D eigenvalue weighted by atomic mass is 14.2.